The Morgan fingerprint density at radius 2 is 1.92 bits per heavy atom. The van der Waals surface area contributed by atoms with E-state index >= 15 is 0 Å². The number of hydrogen-bond acceptors (Lipinski definition) is 3. The van der Waals surface area contributed by atoms with E-state index in [0.29, 0.717) is 17.1 Å². The van der Waals surface area contributed by atoms with Gasteiger partial charge < -0.3 is 10.6 Å². The molecule has 138 valence electrons. The third-order valence-corrected chi connectivity index (χ3v) is 4.89. The molecule has 7 heteroatoms. The maximum absolute atomic E-state index is 12.6. The highest BCUT2D eigenvalue weighted by Crippen LogP contribution is 2.21. The normalized spacial score (nSPS) is 11.7. The van der Waals surface area contributed by atoms with Crippen molar-refractivity contribution in [3.05, 3.63) is 63.6 Å². The molecule has 0 aromatic heterocycles. The maximum Gasteiger partial charge on any atom is 0.253 e. The van der Waals surface area contributed by atoms with Crippen molar-refractivity contribution in [2.45, 2.75) is 19.4 Å². The van der Waals surface area contributed by atoms with Crippen LogP contribution >= 0.6 is 35.0 Å². The SMILES string of the molecule is CSCCC(NC(=O)c1ccc(Cl)cc1Cl)C(=O)Nc1cccc(C)c1. The van der Waals surface area contributed by atoms with E-state index in [1.165, 1.54) is 6.07 Å². The Morgan fingerprint density at radius 1 is 1.15 bits per heavy atom. The first-order valence-corrected chi connectivity index (χ1v) is 10.2. The molecule has 0 fully saturated rings. The van der Waals surface area contributed by atoms with Gasteiger partial charge in [0.15, 0.2) is 0 Å². The summed E-state index contributed by atoms with van der Waals surface area (Å²) in [6.07, 6.45) is 2.46. The lowest BCUT2D eigenvalue weighted by molar-refractivity contribution is -0.118. The molecule has 0 aliphatic heterocycles. The van der Waals surface area contributed by atoms with Crippen LogP contribution in [0.3, 0.4) is 0 Å². The molecule has 0 bridgehead atoms. The van der Waals surface area contributed by atoms with E-state index in [1.807, 2.05) is 37.4 Å². The molecule has 4 nitrogen and oxygen atoms in total. The molecule has 0 spiro atoms. The summed E-state index contributed by atoms with van der Waals surface area (Å²) >= 11 is 13.6. The highest BCUT2D eigenvalue weighted by Gasteiger charge is 2.22. The summed E-state index contributed by atoms with van der Waals surface area (Å²) in [5.41, 5.74) is 2.02. The van der Waals surface area contributed by atoms with Crippen LogP contribution in [0.1, 0.15) is 22.3 Å². The summed E-state index contributed by atoms with van der Waals surface area (Å²) in [5, 5.41) is 6.32. The molecule has 0 saturated carbocycles. The topological polar surface area (TPSA) is 58.2 Å². The zero-order valence-corrected chi connectivity index (χ0v) is 16.8. The summed E-state index contributed by atoms with van der Waals surface area (Å²) in [4.78, 5) is 25.2. The largest absolute Gasteiger partial charge is 0.340 e. The number of amides is 2. The molecule has 2 amide bonds. The van der Waals surface area contributed by atoms with Gasteiger partial charge in [0.2, 0.25) is 5.91 Å². The zero-order chi connectivity index (χ0) is 19.1. The van der Waals surface area contributed by atoms with Crippen LogP contribution in [-0.4, -0.2) is 29.9 Å². The second-order valence-corrected chi connectivity index (χ2v) is 7.62. The number of benzene rings is 2. The van der Waals surface area contributed by atoms with Crippen molar-refractivity contribution in [3.8, 4) is 0 Å². The van der Waals surface area contributed by atoms with Crippen molar-refractivity contribution < 1.29 is 9.59 Å². The Kier molecular flexibility index (Phi) is 7.82. The predicted molar refractivity (Wildman–Crippen MR) is 111 cm³/mol. The average molecular weight is 411 g/mol. The molecule has 0 aliphatic carbocycles. The van der Waals surface area contributed by atoms with Crippen LogP contribution in [0.5, 0.6) is 0 Å². The molecule has 2 rings (SSSR count). The van der Waals surface area contributed by atoms with Crippen LogP contribution in [0.4, 0.5) is 5.69 Å². The molecule has 2 N–H and O–H groups in total. The quantitative estimate of drug-likeness (QED) is 0.689. The summed E-state index contributed by atoms with van der Waals surface area (Å²) in [6.45, 7) is 1.95. The van der Waals surface area contributed by atoms with Crippen molar-refractivity contribution in [2.24, 2.45) is 0 Å². The zero-order valence-electron chi connectivity index (χ0n) is 14.5. The lowest BCUT2D eigenvalue weighted by atomic mass is 10.1. The van der Waals surface area contributed by atoms with Gasteiger partial charge in [0, 0.05) is 10.7 Å². The third kappa shape index (κ3) is 5.94. The maximum atomic E-state index is 12.6. The van der Waals surface area contributed by atoms with Crippen molar-refractivity contribution in [1.82, 2.24) is 5.32 Å². The first kappa shape index (κ1) is 20.6. The fourth-order valence-electron chi connectivity index (χ4n) is 2.37. The van der Waals surface area contributed by atoms with E-state index in [2.05, 4.69) is 10.6 Å². The molecule has 2 aromatic carbocycles. The second kappa shape index (κ2) is 9.86. The van der Waals surface area contributed by atoms with E-state index < -0.39 is 11.9 Å². The molecule has 1 atom stereocenters. The summed E-state index contributed by atoms with van der Waals surface area (Å²) < 4.78 is 0. The van der Waals surface area contributed by atoms with Crippen LogP contribution < -0.4 is 10.6 Å². The third-order valence-electron chi connectivity index (χ3n) is 3.69. The fourth-order valence-corrected chi connectivity index (χ4v) is 3.33. The number of aryl methyl sites for hydroxylation is 1. The molecule has 0 aliphatic rings. The Labute approximate surface area is 167 Å². The molecule has 2 aromatic rings. The van der Waals surface area contributed by atoms with Gasteiger partial charge in [-0.25, -0.2) is 0 Å². The molecule has 0 radical (unpaired) electrons. The highest BCUT2D eigenvalue weighted by molar-refractivity contribution is 7.98. The van der Waals surface area contributed by atoms with Crippen molar-refractivity contribution in [1.29, 1.82) is 0 Å². The Bertz CT molecular complexity index is 799. The van der Waals surface area contributed by atoms with E-state index in [0.717, 1.165) is 11.3 Å². The number of halogens is 2. The minimum absolute atomic E-state index is 0.248. The van der Waals surface area contributed by atoms with Crippen molar-refractivity contribution in [3.63, 3.8) is 0 Å². The lowest BCUT2D eigenvalue weighted by Gasteiger charge is -2.19. The Morgan fingerprint density at radius 3 is 2.58 bits per heavy atom. The van der Waals surface area contributed by atoms with E-state index in [1.54, 1.807) is 23.9 Å². The Hall–Kier alpha value is -1.69. The number of nitrogens with one attached hydrogen (secondary N) is 2. The van der Waals surface area contributed by atoms with Crippen LogP contribution in [0.25, 0.3) is 0 Å². The second-order valence-electron chi connectivity index (χ2n) is 5.79. The van der Waals surface area contributed by atoms with E-state index in [9.17, 15) is 9.59 Å². The van der Waals surface area contributed by atoms with Gasteiger partial charge in [-0.1, -0.05) is 35.3 Å². The number of rotatable bonds is 7. The minimum Gasteiger partial charge on any atom is -0.340 e. The van der Waals surface area contributed by atoms with Gasteiger partial charge in [-0.05, 0) is 61.2 Å². The molecule has 0 heterocycles. The summed E-state index contributed by atoms with van der Waals surface area (Å²) in [6, 6.07) is 11.5. The average Bonchev–Trinajstić information content (AvgIpc) is 2.58. The van der Waals surface area contributed by atoms with Gasteiger partial charge in [-0.2, -0.15) is 11.8 Å². The van der Waals surface area contributed by atoms with E-state index in [-0.39, 0.29) is 16.5 Å². The standard InChI is InChI=1S/C19H20Cl2N2O2S/c1-12-4-3-5-14(10-12)22-19(25)17(8-9-26-2)23-18(24)15-7-6-13(20)11-16(15)21/h3-7,10-11,17H,8-9H2,1-2H3,(H,22,25)(H,23,24). The van der Waals surface area contributed by atoms with Crippen molar-refractivity contribution in [2.75, 3.05) is 17.3 Å². The van der Waals surface area contributed by atoms with Crippen LogP contribution in [-0.2, 0) is 4.79 Å². The number of anilines is 1. The van der Waals surface area contributed by atoms with Gasteiger partial charge in [-0.3, -0.25) is 9.59 Å². The first-order valence-electron chi connectivity index (χ1n) is 8.03. The lowest BCUT2D eigenvalue weighted by Crippen LogP contribution is -2.44. The first-order chi connectivity index (χ1) is 12.4. The highest BCUT2D eigenvalue weighted by atomic mass is 35.5. The number of hydrogen-bond donors (Lipinski definition) is 2. The molecular weight excluding hydrogens is 391 g/mol. The molecule has 26 heavy (non-hydrogen) atoms. The van der Waals surface area contributed by atoms with Gasteiger partial charge in [0.25, 0.3) is 5.91 Å². The molecular formula is C19H20Cl2N2O2S. The monoisotopic (exact) mass is 410 g/mol. The van der Waals surface area contributed by atoms with Gasteiger partial charge >= 0.3 is 0 Å². The van der Waals surface area contributed by atoms with Gasteiger partial charge in [0.05, 0.1) is 10.6 Å². The number of carbonyl (C=O) groups is 2. The smallest absolute Gasteiger partial charge is 0.253 e. The van der Waals surface area contributed by atoms with Crippen LogP contribution in [0.2, 0.25) is 10.0 Å². The van der Waals surface area contributed by atoms with Crippen LogP contribution in [0, 0.1) is 6.92 Å². The number of carbonyl (C=O) groups excluding carboxylic acids is 2. The van der Waals surface area contributed by atoms with E-state index in [4.69, 9.17) is 23.2 Å². The van der Waals surface area contributed by atoms with Crippen molar-refractivity contribution >= 4 is 52.5 Å². The summed E-state index contributed by atoms with van der Waals surface area (Å²) in [5.74, 6) is 0.0702. The fraction of sp³-hybridized carbons (Fsp3) is 0.263. The minimum atomic E-state index is -0.665. The van der Waals surface area contributed by atoms with Gasteiger partial charge in [0.1, 0.15) is 6.04 Å². The molecule has 0 saturated heterocycles. The Balaban J connectivity index is 2.12. The van der Waals surface area contributed by atoms with Gasteiger partial charge in [-0.15, -0.1) is 0 Å². The predicted octanol–water partition coefficient (Wildman–Crippen LogP) is 4.79. The summed E-state index contributed by atoms with van der Waals surface area (Å²) in [7, 11) is 0. The van der Waals surface area contributed by atoms with Crippen LogP contribution in [0.15, 0.2) is 42.5 Å². The number of thioether (sulfide) groups is 1. The molecule has 1 unspecified atom stereocenters.